The third-order valence-corrected chi connectivity index (χ3v) is 6.38. The van der Waals surface area contributed by atoms with Gasteiger partial charge < -0.3 is 30.6 Å². The third kappa shape index (κ3) is 7.76. The molecule has 0 unspecified atom stereocenters. The summed E-state index contributed by atoms with van der Waals surface area (Å²) >= 11 is 0. The van der Waals surface area contributed by atoms with Gasteiger partial charge in [-0.1, -0.05) is 44.2 Å². The molecule has 3 atom stereocenters. The molecule has 0 aromatic heterocycles. The minimum atomic E-state index is -0.843. The molecule has 2 fully saturated rings. The van der Waals surface area contributed by atoms with E-state index in [1.165, 1.54) is 18.6 Å². The van der Waals surface area contributed by atoms with Crippen molar-refractivity contribution in [1.29, 1.82) is 0 Å². The van der Waals surface area contributed by atoms with Crippen molar-refractivity contribution in [2.75, 3.05) is 6.54 Å². The van der Waals surface area contributed by atoms with Gasteiger partial charge in [0.05, 0.1) is 6.04 Å². The van der Waals surface area contributed by atoms with Crippen LogP contribution in [0.4, 0.5) is 4.79 Å². The lowest BCUT2D eigenvalue weighted by Gasteiger charge is -2.27. The molecule has 1 aromatic rings. The number of amides is 3. The molecule has 1 saturated carbocycles. The molecule has 4 N–H and O–H groups in total. The van der Waals surface area contributed by atoms with E-state index in [0.717, 1.165) is 25.7 Å². The number of rotatable bonds is 10. The number of nitrogens with one attached hydrogen (secondary N) is 3. The Kier molecular flexibility index (Phi) is 9.09. The van der Waals surface area contributed by atoms with Crippen LogP contribution in [0.15, 0.2) is 24.3 Å². The van der Waals surface area contributed by atoms with Crippen LogP contribution in [-0.2, 0) is 25.7 Å². The largest absolute Gasteiger partial charge is 0.508 e. The lowest BCUT2D eigenvalue weighted by molar-refractivity contribution is -0.127. The summed E-state index contributed by atoms with van der Waals surface area (Å²) in [5.41, 5.74) is 0.620. The number of aromatic hydroxyl groups is 1. The lowest BCUT2D eigenvalue weighted by atomic mass is 9.84. The second-order valence-electron chi connectivity index (χ2n) is 8.95. The van der Waals surface area contributed by atoms with Crippen molar-refractivity contribution in [2.24, 2.45) is 11.8 Å². The van der Waals surface area contributed by atoms with Gasteiger partial charge in [0.15, 0.2) is 0 Å². The summed E-state index contributed by atoms with van der Waals surface area (Å²) in [6, 6.07) is 4.73. The Labute approximate surface area is 193 Å². The van der Waals surface area contributed by atoms with E-state index in [9.17, 15) is 24.3 Å². The van der Waals surface area contributed by atoms with Crippen LogP contribution in [0.3, 0.4) is 0 Å². The fourth-order valence-electron chi connectivity index (χ4n) is 4.58. The van der Waals surface area contributed by atoms with Crippen molar-refractivity contribution in [3.63, 3.8) is 0 Å². The number of aldehydes is 1. The molecule has 3 amide bonds. The Hall–Kier alpha value is -3.10. The van der Waals surface area contributed by atoms with E-state index >= 15 is 0 Å². The van der Waals surface area contributed by atoms with Gasteiger partial charge >= 0.3 is 6.09 Å². The van der Waals surface area contributed by atoms with Crippen LogP contribution in [0.2, 0.25) is 0 Å². The highest BCUT2D eigenvalue weighted by atomic mass is 16.5. The predicted molar refractivity (Wildman–Crippen MR) is 120 cm³/mol. The van der Waals surface area contributed by atoms with Crippen molar-refractivity contribution in [2.45, 2.75) is 70.1 Å². The standard InChI is InChI=1S/C24H33N3O6/c28-14-19(13-18-9-10-25-22(18)30)26-23(31)21(12-16-5-2-1-3-6-16)27-24(32)33-15-17-7-4-8-20(29)11-17/h4,7-8,11,14,16,18-19,21,29H,1-3,5-6,9-10,12-13,15H2,(H,25,30)(H,26,31)(H,27,32)/t18-,19-,21-/m0/s1. The van der Waals surface area contributed by atoms with E-state index in [1.807, 2.05) is 0 Å². The third-order valence-electron chi connectivity index (χ3n) is 6.38. The minimum Gasteiger partial charge on any atom is -0.508 e. The molecule has 1 aliphatic heterocycles. The number of benzene rings is 1. The Morgan fingerprint density at radius 3 is 2.61 bits per heavy atom. The fourth-order valence-corrected chi connectivity index (χ4v) is 4.58. The second kappa shape index (κ2) is 12.2. The van der Waals surface area contributed by atoms with E-state index in [1.54, 1.807) is 12.1 Å². The van der Waals surface area contributed by atoms with Crippen molar-refractivity contribution in [3.05, 3.63) is 29.8 Å². The van der Waals surface area contributed by atoms with Gasteiger partial charge in [0.2, 0.25) is 11.8 Å². The van der Waals surface area contributed by atoms with Crippen LogP contribution < -0.4 is 16.0 Å². The number of carbonyl (C=O) groups excluding carboxylic acids is 4. The van der Waals surface area contributed by atoms with E-state index in [-0.39, 0.29) is 30.6 Å². The Balaban J connectivity index is 1.59. The van der Waals surface area contributed by atoms with Crippen LogP contribution >= 0.6 is 0 Å². The summed E-state index contributed by atoms with van der Waals surface area (Å²) in [5, 5.41) is 17.6. The van der Waals surface area contributed by atoms with Crippen molar-refractivity contribution in [1.82, 2.24) is 16.0 Å². The van der Waals surface area contributed by atoms with Gasteiger partial charge in [-0.15, -0.1) is 0 Å². The first kappa shape index (κ1) is 24.5. The van der Waals surface area contributed by atoms with Crippen LogP contribution in [0.25, 0.3) is 0 Å². The highest BCUT2D eigenvalue weighted by Crippen LogP contribution is 2.27. The highest BCUT2D eigenvalue weighted by molar-refractivity contribution is 5.88. The van der Waals surface area contributed by atoms with Gasteiger partial charge in [0, 0.05) is 12.5 Å². The Morgan fingerprint density at radius 1 is 1.15 bits per heavy atom. The highest BCUT2D eigenvalue weighted by Gasteiger charge is 2.31. The van der Waals surface area contributed by atoms with Crippen molar-refractivity contribution < 1.29 is 29.0 Å². The maximum atomic E-state index is 13.0. The molecule has 2 aliphatic rings. The van der Waals surface area contributed by atoms with Crippen molar-refractivity contribution >= 4 is 24.2 Å². The van der Waals surface area contributed by atoms with Crippen LogP contribution in [-0.4, -0.2) is 47.9 Å². The van der Waals surface area contributed by atoms with Gasteiger partial charge in [-0.05, 0) is 42.9 Å². The quantitative estimate of drug-likeness (QED) is 0.396. The van der Waals surface area contributed by atoms with Crippen LogP contribution in [0.5, 0.6) is 5.75 Å². The lowest BCUT2D eigenvalue weighted by Crippen LogP contribution is -2.51. The zero-order chi connectivity index (χ0) is 23.6. The normalized spacial score (nSPS) is 20.4. The molecule has 3 rings (SSSR count). The summed E-state index contributed by atoms with van der Waals surface area (Å²) in [5.74, 6) is -0.496. The predicted octanol–water partition coefficient (Wildman–Crippen LogP) is 2.17. The maximum absolute atomic E-state index is 13.0. The number of carbonyl (C=O) groups is 4. The number of alkyl carbamates (subject to hydrolysis) is 1. The molecule has 0 radical (unpaired) electrons. The summed E-state index contributed by atoms with van der Waals surface area (Å²) in [6.45, 7) is 0.520. The summed E-state index contributed by atoms with van der Waals surface area (Å²) in [4.78, 5) is 48.9. The van der Waals surface area contributed by atoms with Crippen LogP contribution in [0, 0.1) is 11.8 Å². The molecular formula is C24H33N3O6. The van der Waals surface area contributed by atoms with Gasteiger partial charge in [-0.25, -0.2) is 4.79 Å². The molecule has 9 heteroatoms. The zero-order valence-corrected chi connectivity index (χ0v) is 18.8. The average molecular weight is 460 g/mol. The smallest absolute Gasteiger partial charge is 0.408 e. The van der Waals surface area contributed by atoms with Gasteiger partial charge in [-0.3, -0.25) is 9.59 Å². The number of hydrogen-bond acceptors (Lipinski definition) is 6. The van der Waals surface area contributed by atoms with Gasteiger partial charge in [-0.2, -0.15) is 0 Å². The molecule has 1 heterocycles. The van der Waals surface area contributed by atoms with Crippen LogP contribution in [0.1, 0.15) is 56.9 Å². The number of phenolic OH excluding ortho intramolecular Hbond substituents is 1. The van der Waals surface area contributed by atoms with E-state index in [2.05, 4.69) is 16.0 Å². The van der Waals surface area contributed by atoms with E-state index < -0.39 is 24.1 Å². The van der Waals surface area contributed by atoms with Gasteiger partial charge in [0.1, 0.15) is 24.7 Å². The molecule has 1 aromatic carbocycles. The number of hydrogen-bond donors (Lipinski definition) is 4. The average Bonchev–Trinajstić information content (AvgIpc) is 3.21. The molecule has 0 bridgehead atoms. The summed E-state index contributed by atoms with van der Waals surface area (Å²) in [7, 11) is 0. The monoisotopic (exact) mass is 459 g/mol. The van der Waals surface area contributed by atoms with Gasteiger partial charge in [0.25, 0.3) is 0 Å². The molecule has 1 saturated heterocycles. The number of phenols is 1. The molecule has 0 spiro atoms. The molecular weight excluding hydrogens is 426 g/mol. The first-order chi connectivity index (χ1) is 15.9. The van der Waals surface area contributed by atoms with E-state index in [4.69, 9.17) is 4.74 Å². The molecule has 33 heavy (non-hydrogen) atoms. The molecule has 1 aliphatic carbocycles. The first-order valence-corrected chi connectivity index (χ1v) is 11.7. The Morgan fingerprint density at radius 2 is 1.94 bits per heavy atom. The Bertz CT molecular complexity index is 839. The van der Waals surface area contributed by atoms with Crippen molar-refractivity contribution in [3.8, 4) is 5.75 Å². The summed E-state index contributed by atoms with van der Waals surface area (Å²) in [6.07, 6.45) is 6.55. The second-order valence-corrected chi connectivity index (χ2v) is 8.95. The molecule has 180 valence electrons. The fraction of sp³-hybridized carbons (Fsp3) is 0.583. The molecule has 9 nitrogen and oxygen atoms in total. The summed E-state index contributed by atoms with van der Waals surface area (Å²) < 4.78 is 5.24. The maximum Gasteiger partial charge on any atom is 0.408 e. The zero-order valence-electron chi connectivity index (χ0n) is 18.8. The SMILES string of the molecule is O=C[C@H](C[C@@H]1CCNC1=O)NC(=O)[C@H](CC1CCCCC1)NC(=O)OCc1cccc(O)c1. The first-order valence-electron chi connectivity index (χ1n) is 11.7. The number of ether oxygens (including phenoxy) is 1. The minimum absolute atomic E-state index is 0.0498. The topological polar surface area (TPSA) is 134 Å². The van der Waals surface area contributed by atoms with E-state index in [0.29, 0.717) is 37.2 Å².